The molecule has 1 N–H and O–H groups in total. The summed E-state index contributed by atoms with van der Waals surface area (Å²) in [7, 11) is 1.83. The molecule has 0 aliphatic carbocycles. The van der Waals surface area contributed by atoms with Gasteiger partial charge < -0.3 is 5.32 Å². The number of aryl methyl sites for hydroxylation is 1. The van der Waals surface area contributed by atoms with Crippen LogP contribution in [0.1, 0.15) is 23.8 Å². The SMILES string of the molecule is CC1NCCC1C(=O)c1ccn(C)n1. The first-order chi connectivity index (χ1) is 6.68. The Morgan fingerprint density at radius 3 is 3.00 bits per heavy atom. The fraction of sp³-hybridized carbons (Fsp3) is 0.600. The lowest BCUT2D eigenvalue weighted by atomic mass is 9.95. The molecule has 4 heteroatoms. The van der Waals surface area contributed by atoms with Crippen molar-refractivity contribution in [2.75, 3.05) is 6.54 Å². The molecule has 2 atom stereocenters. The Labute approximate surface area is 83.3 Å². The summed E-state index contributed by atoms with van der Waals surface area (Å²) in [5, 5.41) is 7.40. The van der Waals surface area contributed by atoms with Gasteiger partial charge in [0.05, 0.1) is 0 Å². The van der Waals surface area contributed by atoms with Gasteiger partial charge in [-0.3, -0.25) is 9.48 Å². The molecule has 0 bridgehead atoms. The van der Waals surface area contributed by atoms with Crippen molar-refractivity contribution in [2.45, 2.75) is 19.4 Å². The highest BCUT2D eigenvalue weighted by molar-refractivity contribution is 5.96. The lowest BCUT2D eigenvalue weighted by Gasteiger charge is -2.11. The number of hydrogen-bond donors (Lipinski definition) is 1. The van der Waals surface area contributed by atoms with Crippen LogP contribution in [-0.4, -0.2) is 28.2 Å². The minimum atomic E-state index is 0.102. The Kier molecular flexibility index (Phi) is 2.37. The summed E-state index contributed by atoms with van der Waals surface area (Å²) in [5.74, 6) is 0.271. The Morgan fingerprint density at radius 2 is 2.50 bits per heavy atom. The van der Waals surface area contributed by atoms with Gasteiger partial charge in [-0.2, -0.15) is 5.10 Å². The van der Waals surface area contributed by atoms with Crippen LogP contribution in [0.3, 0.4) is 0 Å². The van der Waals surface area contributed by atoms with Gasteiger partial charge in [0.25, 0.3) is 0 Å². The van der Waals surface area contributed by atoms with Crippen molar-refractivity contribution in [1.82, 2.24) is 15.1 Å². The van der Waals surface area contributed by atoms with Crippen molar-refractivity contribution in [3.63, 3.8) is 0 Å². The Balaban J connectivity index is 2.15. The number of rotatable bonds is 2. The van der Waals surface area contributed by atoms with E-state index < -0.39 is 0 Å². The fourth-order valence-electron chi connectivity index (χ4n) is 1.95. The van der Waals surface area contributed by atoms with Crippen LogP contribution < -0.4 is 5.32 Å². The second-order valence-electron chi connectivity index (χ2n) is 3.88. The van der Waals surface area contributed by atoms with Crippen LogP contribution in [0.4, 0.5) is 0 Å². The smallest absolute Gasteiger partial charge is 0.187 e. The predicted octanol–water partition coefficient (Wildman–Crippen LogP) is 0.601. The van der Waals surface area contributed by atoms with Gasteiger partial charge in [0, 0.05) is 25.2 Å². The average Bonchev–Trinajstić information content (AvgIpc) is 2.73. The van der Waals surface area contributed by atoms with Gasteiger partial charge >= 0.3 is 0 Å². The first kappa shape index (κ1) is 9.40. The molecule has 14 heavy (non-hydrogen) atoms. The normalized spacial score (nSPS) is 26.7. The number of Topliss-reactive ketones (excluding diaryl/α,β-unsaturated/α-hetero) is 1. The molecule has 0 spiro atoms. The Hall–Kier alpha value is -1.16. The van der Waals surface area contributed by atoms with Crippen molar-refractivity contribution in [2.24, 2.45) is 13.0 Å². The summed E-state index contributed by atoms with van der Waals surface area (Å²) >= 11 is 0. The summed E-state index contributed by atoms with van der Waals surface area (Å²) in [6.07, 6.45) is 2.73. The molecule has 76 valence electrons. The molecule has 2 unspecified atom stereocenters. The van der Waals surface area contributed by atoms with Gasteiger partial charge in [0.15, 0.2) is 5.78 Å². The summed E-state index contributed by atoms with van der Waals surface area (Å²) in [4.78, 5) is 12.0. The maximum atomic E-state index is 12.0. The van der Waals surface area contributed by atoms with Gasteiger partial charge in [-0.15, -0.1) is 0 Å². The Bertz CT molecular complexity index is 345. The molecule has 0 amide bonds. The summed E-state index contributed by atoms with van der Waals surface area (Å²) in [6, 6.07) is 2.07. The van der Waals surface area contributed by atoms with Crippen LogP contribution in [0.15, 0.2) is 12.3 Å². The maximum absolute atomic E-state index is 12.0. The number of ketones is 1. The minimum Gasteiger partial charge on any atom is -0.313 e. The molecule has 1 aromatic heterocycles. The zero-order valence-electron chi connectivity index (χ0n) is 8.53. The van der Waals surface area contributed by atoms with E-state index in [0.29, 0.717) is 5.69 Å². The molecule has 1 saturated heterocycles. The van der Waals surface area contributed by atoms with Crippen LogP contribution >= 0.6 is 0 Å². The van der Waals surface area contributed by atoms with Crippen LogP contribution in [0.5, 0.6) is 0 Å². The number of nitrogens with one attached hydrogen (secondary N) is 1. The van der Waals surface area contributed by atoms with E-state index in [4.69, 9.17) is 0 Å². The third-order valence-electron chi connectivity index (χ3n) is 2.83. The van der Waals surface area contributed by atoms with Gasteiger partial charge in [-0.25, -0.2) is 0 Å². The van der Waals surface area contributed by atoms with E-state index in [1.165, 1.54) is 0 Å². The predicted molar refractivity (Wildman–Crippen MR) is 53.1 cm³/mol. The molecular weight excluding hydrogens is 178 g/mol. The number of carbonyl (C=O) groups excluding carboxylic acids is 1. The molecule has 2 rings (SSSR count). The largest absolute Gasteiger partial charge is 0.313 e. The first-order valence-corrected chi connectivity index (χ1v) is 4.95. The second kappa shape index (κ2) is 3.53. The maximum Gasteiger partial charge on any atom is 0.187 e. The number of nitrogens with zero attached hydrogens (tertiary/aromatic N) is 2. The lowest BCUT2D eigenvalue weighted by Crippen LogP contribution is -2.28. The molecule has 2 heterocycles. The van der Waals surface area contributed by atoms with Crippen molar-refractivity contribution < 1.29 is 4.79 Å². The van der Waals surface area contributed by atoms with Gasteiger partial charge in [0.2, 0.25) is 0 Å². The summed E-state index contributed by atoms with van der Waals surface area (Å²) in [6.45, 7) is 2.99. The minimum absolute atomic E-state index is 0.102. The number of hydrogen-bond acceptors (Lipinski definition) is 3. The van der Waals surface area contributed by atoms with Crippen molar-refractivity contribution in [1.29, 1.82) is 0 Å². The van der Waals surface area contributed by atoms with E-state index in [1.54, 1.807) is 16.9 Å². The summed E-state index contributed by atoms with van der Waals surface area (Å²) in [5.41, 5.74) is 0.591. The molecule has 0 aromatic carbocycles. The molecule has 1 aliphatic rings. The standard InChI is InChI=1S/C10H15N3O/c1-7-8(3-5-11-7)10(14)9-4-6-13(2)12-9/h4,6-8,11H,3,5H2,1-2H3. The highest BCUT2D eigenvalue weighted by Gasteiger charge is 2.30. The third kappa shape index (κ3) is 1.57. The van der Waals surface area contributed by atoms with Crippen LogP contribution in [0.25, 0.3) is 0 Å². The van der Waals surface area contributed by atoms with Crippen molar-refractivity contribution in [3.05, 3.63) is 18.0 Å². The molecule has 4 nitrogen and oxygen atoms in total. The number of carbonyl (C=O) groups is 1. The highest BCUT2D eigenvalue weighted by Crippen LogP contribution is 2.19. The van der Waals surface area contributed by atoms with Crippen molar-refractivity contribution >= 4 is 5.78 Å². The van der Waals surface area contributed by atoms with Crippen LogP contribution in [-0.2, 0) is 7.05 Å². The molecule has 1 aromatic rings. The van der Waals surface area contributed by atoms with Gasteiger partial charge in [-0.05, 0) is 26.0 Å². The lowest BCUT2D eigenvalue weighted by molar-refractivity contribution is 0.0908. The highest BCUT2D eigenvalue weighted by atomic mass is 16.1. The van der Waals surface area contributed by atoms with Crippen molar-refractivity contribution in [3.8, 4) is 0 Å². The quantitative estimate of drug-likeness (QED) is 0.700. The topological polar surface area (TPSA) is 46.9 Å². The average molecular weight is 193 g/mol. The molecule has 1 aliphatic heterocycles. The van der Waals surface area contributed by atoms with E-state index in [2.05, 4.69) is 17.3 Å². The van der Waals surface area contributed by atoms with E-state index in [0.717, 1.165) is 13.0 Å². The van der Waals surface area contributed by atoms with Gasteiger partial charge in [0.1, 0.15) is 5.69 Å². The van der Waals surface area contributed by atoms with Crippen LogP contribution in [0, 0.1) is 5.92 Å². The molecule has 1 fully saturated rings. The number of aromatic nitrogens is 2. The van der Waals surface area contributed by atoms with E-state index in [1.807, 2.05) is 7.05 Å². The third-order valence-corrected chi connectivity index (χ3v) is 2.83. The first-order valence-electron chi connectivity index (χ1n) is 4.95. The van der Waals surface area contributed by atoms with Gasteiger partial charge in [-0.1, -0.05) is 0 Å². The van der Waals surface area contributed by atoms with E-state index in [9.17, 15) is 4.79 Å². The monoisotopic (exact) mass is 193 g/mol. The molecule has 0 saturated carbocycles. The van der Waals surface area contributed by atoms with Crippen LogP contribution in [0.2, 0.25) is 0 Å². The summed E-state index contributed by atoms with van der Waals surface area (Å²) < 4.78 is 1.67. The van der Waals surface area contributed by atoms with E-state index in [-0.39, 0.29) is 17.7 Å². The zero-order chi connectivity index (χ0) is 10.1. The zero-order valence-corrected chi connectivity index (χ0v) is 8.53. The molecular formula is C10H15N3O. The van der Waals surface area contributed by atoms with E-state index >= 15 is 0 Å². The molecule has 0 radical (unpaired) electrons. The second-order valence-corrected chi connectivity index (χ2v) is 3.88. The Morgan fingerprint density at radius 1 is 1.71 bits per heavy atom. The fourth-order valence-corrected chi connectivity index (χ4v) is 1.95.